The van der Waals surface area contributed by atoms with Crippen molar-refractivity contribution in [2.75, 3.05) is 12.8 Å². The molecule has 0 aliphatic carbocycles. The van der Waals surface area contributed by atoms with Crippen LogP contribution < -0.4 is 10.5 Å². The second-order valence-electron chi connectivity index (χ2n) is 3.92. The van der Waals surface area contributed by atoms with E-state index >= 15 is 0 Å². The summed E-state index contributed by atoms with van der Waals surface area (Å²) in [6, 6.07) is 4.93. The molecule has 0 atom stereocenters. The van der Waals surface area contributed by atoms with E-state index in [0.29, 0.717) is 16.8 Å². The number of pyridine rings is 1. The van der Waals surface area contributed by atoms with Crippen LogP contribution in [-0.2, 0) is 6.18 Å². The van der Waals surface area contributed by atoms with Gasteiger partial charge in [0.15, 0.2) is 0 Å². The molecule has 0 bridgehead atoms. The fraction of sp³-hybridized carbons (Fsp3) is 0.154. The monoisotopic (exact) mass is 268 g/mol. The number of benzene rings is 1. The molecule has 0 spiro atoms. The zero-order valence-electron chi connectivity index (χ0n) is 10.0. The Bertz CT molecular complexity index is 597. The number of nitrogen functional groups attached to an aromatic ring is 1. The summed E-state index contributed by atoms with van der Waals surface area (Å²) in [5.41, 5.74) is 6.39. The number of hydrogen-bond acceptors (Lipinski definition) is 3. The molecule has 1 aromatic carbocycles. The van der Waals surface area contributed by atoms with Crippen molar-refractivity contribution in [2.45, 2.75) is 6.18 Å². The minimum Gasteiger partial charge on any atom is -0.496 e. The topological polar surface area (TPSA) is 48.1 Å². The predicted octanol–water partition coefficient (Wildman–Crippen LogP) is 3.36. The Labute approximate surface area is 107 Å². The van der Waals surface area contributed by atoms with Gasteiger partial charge in [0.05, 0.1) is 18.4 Å². The number of aromatic nitrogens is 1. The molecular formula is C13H11F3N2O. The highest BCUT2D eigenvalue weighted by Crippen LogP contribution is 2.37. The normalized spacial score (nSPS) is 11.4. The first-order valence-electron chi connectivity index (χ1n) is 5.38. The van der Waals surface area contributed by atoms with E-state index in [1.807, 2.05) is 0 Å². The number of hydrogen-bond donors (Lipinski definition) is 1. The molecular weight excluding hydrogens is 257 g/mol. The molecule has 0 radical (unpaired) electrons. The molecule has 2 N–H and O–H groups in total. The summed E-state index contributed by atoms with van der Waals surface area (Å²) in [5, 5.41) is 0. The van der Waals surface area contributed by atoms with Crippen LogP contribution in [-0.4, -0.2) is 12.1 Å². The summed E-state index contributed by atoms with van der Waals surface area (Å²) < 4.78 is 42.9. The van der Waals surface area contributed by atoms with Gasteiger partial charge in [-0.3, -0.25) is 4.98 Å². The van der Waals surface area contributed by atoms with Crippen molar-refractivity contribution in [3.63, 3.8) is 0 Å². The molecule has 0 amide bonds. The fourth-order valence-electron chi connectivity index (χ4n) is 1.71. The Morgan fingerprint density at radius 3 is 2.47 bits per heavy atom. The van der Waals surface area contributed by atoms with Crippen LogP contribution in [0.25, 0.3) is 11.1 Å². The van der Waals surface area contributed by atoms with Gasteiger partial charge in [-0.2, -0.15) is 13.2 Å². The Hall–Kier alpha value is -2.24. The third kappa shape index (κ3) is 2.78. The average molecular weight is 268 g/mol. The van der Waals surface area contributed by atoms with E-state index in [-0.39, 0.29) is 5.75 Å². The lowest BCUT2D eigenvalue weighted by Gasteiger charge is -2.12. The zero-order valence-corrected chi connectivity index (χ0v) is 10.0. The van der Waals surface area contributed by atoms with E-state index in [1.54, 1.807) is 6.07 Å². The Balaban J connectivity index is 2.53. The van der Waals surface area contributed by atoms with E-state index in [1.165, 1.54) is 25.6 Å². The number of anilines is 1. The standard InChI is InChI=1S/C13H11F3N2O/c1-19-12-5-9(13(14,15)16)2-3-11(12)8-4-10(17)7-18-6-8/h2-7H,17H2,1H3. The summed E-state index contributed by atoms with van der Waals surface area (Å²) in [7, 11) is 1.32. The van der Waals surface area contributed by atoms with Crippen LogP contribution in [0.3, 0.4) is 0 Å². The molecule has 0 fully saturated rings. The largest absolute Gasteiger partial charge is 0.496 e. The van der Waals surface area contributed by atoms with Crippen LogP contribution in [0.4, 0.5) is 18.9 Å². The first kappa shape index (κ1) is 13.2. The van der Waals surface area contributed by atoms with Crippen molar-refractivity contribution in [2.24, 2.45) is 0 Å². The summed E-state index contributed by atoms with van der Waals surface area (Å²) >= 11 is 0. The van der Waals surface area contributed by atoms with Gasteiger partial charge < -0.3 is 10.5 Å². The molecule has 2 aromatic rings. The zero-order chi connectivity index (χ0) is 14.0. The molecule has 1 heterocycles. The van der Waals surface area contributed by atoms with Crippen LogP contribution in [0, 0.1) is 0 Å². The lowest BCUT2D eigenvalue weighted by atomic mass is 10.0. The smallest absolute Gasteiger partial charge is 0.416 e. The molecule has 0 aliphatic rings. The molecule has 0 saturated carbocycles. The first-order valence-corrected chi connectivity index (χ1v) is 5.38. The molecule has 6 heteroatoms. The maximum Gasteiger partial charge on any atom is 0.416 e. The van der Waals surface area contributed by atoms with Crippen molar-refractivity contribution in [1.82, 2.24) is 4.98 Å². The minimum absolute atomic E-state index is 0.127. The maximum absolute atomic E-state index is 12.6. The third-order valence-corrected chi connectivity index (χ3v) is 2.60. The van der Waals surface area contributed by atoms with Crippen LogP contribution in [0.5, 0.6) is 5.75 Å². The van der Waals surface area contributed by atoms with Crippen LogP contribution in [0.2, 0.25) is 0 Å². The van der Waals surface area contributed by atoms with Crippen molar-refractivity contribution < 1.29 is 17.9 Å². The molecule has 19 heavy (non-hydrogen) atoms. The van der Waals surface area contributed by atoms with Gasteiger partial charge in [-0.15, -0.1) is 0 Å². The highest BCUT2D eigenvalue weighted by atomic mass is 19.4. The Kier molecular flexibility index (Phi) is 3.33. The van der Waals surface area contributed by atoms with Crippen molar-refractivity contribution in [1.29, 1.82) is 0 Å². The summed E-state index contributed by atoms with van der Waals surface area (Å²) in [6.07, 6.45) is -1.43. The highest BCUT2D eigenvalue weighted by Gasteiger charge is 2.31. The highest BCUT2D eigenvalue weighted by molar-refractivity contribution is 5.72. The maximum atomic E-state index is 12.6. The van der Waals surface area contributed by atoms with Gasteiger partial charge in [0.1, 0.15) is 5.75 Å². The number of rotatable bonds is 2. The van der Waals surface area contributed by atoms with Gasteiger partial charge >= 0.3 is 6.18 Å². The Morgan fingerprint density at radius 2 is 1.89 bits per heavy atom. The minimum atomic E-state index is -4.40. The SMILES string of the molecule is COc1cc(C(F)(F)F)ccc1-c1cncc(N)c1. The van der Waals surface area contributed by atoms with Gasteiger partial charge in [-0.1, -0.05) is 0 Å². The average Bonchev–Trinajstić information content (AvgIpc) is 2.37. The van der Waals surface area contributed by atoms with Crippen molar-refractivity contribution in [3.05, 3.63) is 42.2 Å². The van der Waals surface area contributed by atoms with E-state index in [4.69, 9.17) is 10.5 Å². The van der Waals surface area contributed by atoms with E-state index in [0.717, 1.165) is 12.1 Å². The second-order valence-corrected chi connectivity index (χ2v) is 3.92. The van der Waals surface area contributed by atoms with Crippen molar-refractivity contribution in [3.8, 4) is 16.9 Å². The molecule has 1 aromatic heterocycles. The molecule has 0 aliphatic heterocycles. The molecule has 0 unspecified atom stereocenters. The number of methoxy groups -OCH3 is 1. The van der Waals surface area contributed by atoms with Gasteiger partial charge in [-0.25, -0.2) is 0 Å². The van der Waals surface area contributed by atoms with E-state index < -0.39 is 11.7 Å². The summed E-state index contributed by atoms with van der Waals surface area (Å²) in [6.45, 7) is 0. The van der Waals surface area contributed by atoms with Gasteiger partial charge in [0.25, 0.3) is 0 Å². The molecule has 100 valence electrons. The van der Waals surface area contributed by atoms with E-state index in [2.05, 4.69) is 4.98 Å². The van der Waals surface area contributed by atoms with Crippen LogP contribution in [0.15, 0.2) is 36.7 Å². The van der Waals surface area contributed by atoms with E-state index in [9.17, 15) is 13.2 Å². The van der Waals surface area contributed by atoms with Crippen LogP contribution in [0.1, 0.15) is 5.56 Å². The molecule has 2 rings (SSSR count). The summed E-state index contributed by atoms with van der Waals surface area (Å²) in [5.74, 6) is 0.127. The lowest BCUT2D eigenvalue weighted by Crippen LogP contribution is -2.05. The first-order chi connectivity index (χ1) is 8.91. The second kappa shape index (κ2) is 4.79. The molecule has 0 saturated heterocycles. The predicted molar refractivity (Wildman–Crippen MR) is 65.6 cm³/mol. The third-order valence-electron chi connectivity index (χ3n) is 2.60. The fourth-order valence-corrected chi connectivity index (χ4v) is 1.71. The van der Waals surface area contributed by atoms with Gasteiger partial charge in [0, 0.05) is 23.5 Å². The summed E-state index contributed by atoms with van der Waals surface area (Å²) in [4.78, 5) is 3.90. The Morgan fingerprint density at radius 1 is 1.16 bits per heavy atom. The van der Waals surface area contributed by atoms with Crippen LogP contribution >= 0.6 is 0 Å². The quantitative estimate of drug-likeness (QED) is 0.908. The van der Waals surface area contributed by atoms with Gasteiger partial charge in [0.2, 0.25) is 0 Å². The van der Waals surface area contributed by atoms with Gasteiger partial charge in [-0.05, 0) is 24.3 Å². The molecule has 3 nitrogen and oxygen atoms in total. The number of halogens is 3. The number of nitrogens with two attached hydrogens (primary N) is 1. The number of nitrogens with zero attached hydrogens (tertiary/aromatic N) is 1. The number of ether oxygens (including phenoxy) is 1. The number of alkyl halides is 3. The van der Waals surface area contributed by atoms with Crippen molar-refractivity contribution >= 4 is 5.69 Å². The lowest BCUT2D eigenvalue weighted by molar-refractivity contribution is -0.137.